The standard InChI is InChI=1S/C13H15ClN2O3/c1-3-12-15-16-13(19-12)7-18-11-5-4-9(8(2)17)6-10(11)14/h4-6,8,17H,3,7H2,1-2H3. The lowest BCUT2D eigenvalue weighted by Crippen LogP contribution is -1.98. The van der Waals surface area contributed by atoms with E-state index in [4.69, 9.17) is 20.8 Å². The summed E-state index contributed by atoms with van der Waals surface area (Å²) in [4.78, 5) is 0. The van der Waals surface area contributed by atoms with Crippen LogP contribution in [-0.2, 0) is 13.0 Å². The van der Waals surface area contributed by atoms with Crippen molar-refractivity contribution in [3.05, 3.63) is 40.6 Å². The Labute approximate surface area is 116 Å². The van der Waals surface area contributed by atoms with Gasteiger partial charge in [-0.3, -0.25) is 0 Å². The lowest BCUT2D eigenvalue weighted by Gasteiger charge is -2.09. The zero-order valence-electron chi connectivity index (χ0n) is 10.8. The van der Waals surface area contributed by atoms with Crippen LogP contribution < -0.4 is 4.74 Å². The summed E-state index contributed by atoms with van der Waals surface area (Å²) in [5, 5.41) is 17.6. The molecule has 1 atom stereocenters. The van der Waals surface area contributed by atoms with E-state index in [-0.39, 0.29) is 6.61 Å². The molecule has 6 heteroatoms. The van der Waals surface area contributed by atoms with E-state index in [0.29, 0.717) is 29.0 Å². The first-order valence-electron chi connectivity index (χ1n) is 6.01. The van der Waals surface area contributed by atoms with Gasteiger partial charge in [-0.15, -0.1) is 10.2 Å². The highest BCUT2D eigenvalue weighted by molar-refractivity contribution is 6.32. The summed E-state index contributed by atoms with van der Waals surface area (Å²) in [6, 6.07) is 5.14. The molecule has 1 heterocycles. The van der Waals surface area contributed by atoms with Crippen molar-refractivity contribution >= 4 is 11.6 Å². The molecule has 0 fully saturated rings. The van der Waals surface area contributed by atoms with Gasteiger partial charge in [0.2, 0.25) is 5.89 Å². The summed E-state index contributed by atoms with van der Waals surface area (Å²) in [7, 11) is 0. The zero-order valence-corrected chi connectivity index (χ0v) is 11.5. The quantitative estimate of drug-likeness (QED) is 0.913. The van der Waals surface area contributed by atoms with Crippen LogP contribution in [0.3, 0.4) is 0 Å². The van der Waals surface area contributed by atoms with Gasteiger partial charge in [0.25, 0.3) is 5.89 Å². The first-order valence-corrected chi connectivity index (χ1v) is 6.39. The summed E-state index contributed by atoms with van der Waals surface area (Å²) in [5.74, 6) is 1.50. The van der Waals surface area contributed by atoms with E-state index in [0.717, 1.165) is 5.56 Å². The molecule has 19 heavy (non-hydrogen) atoms. The lowest BCUT2D eigenvalue weighted by molar-refractivity contribution is 0.199. The molecule has 2 rings (SSSR count). The molecular weight excluding hydrogens is 268 g/mol. The van der Waals surface area contributed by atoms with Crippen molar-refractivity contribution in [1.29, 1.82) is 0 Å². The lowest BCUT2D eigenvalue weighted by atomic mass is 10.1. The van der Waals surface area contributed by atoms with E-state index < -0.39 is 6.10 Å². The van der Waals surface area contributed by atoms with Gasteiger partial charge in [0, 0.05) is 6.42 Å². The Morgan fingerprint density at radius 1 is 1.37 bits per heavy atom. The van der Waals surface area contributed by atoms with Crippen LogP contribution in [0.5, 0.6) is 5.75 Å². The van der Waals surface area contributed by atoms with Gasteiger partial charge in [0.15, 0.2) is 6.61 Å². The zero-order chi connectivity index (χ0) is 13.8. The molecule has 0 radical (unpaired) electrons. The Morgan fingerprint density at radius 2 is 2.11 bits per heavy atom. The number of aromatic nitrogens is 2. The molecular formula is C13H15ClN2O3. The summed E-state index contributed by atoms with van der Waals surface area (Å²) in [6.45, 7) is 3.78. The van der Waals surface area contributed by atoms with Crippen LogP contribution in [0.2, 0.25) is 5.02 Å². The number of rotatable bonds is 5. The third-order valence-corrected chi connectivity index (χ3v) is 2.90. The van der Waals surface area contributed by atoms with E-state index in [2.05, 4.69) is 10.2 Å². The van der Waals surface area contributed by atoms with Crippen LogP contribution >= 0.6 is 11.6 Å². The number of hydrogen-bond donors (Lipinski definition) is 1. The molecule has 1 N–H and O–H groups in total. The van der Waals surface area contributed by atoms with E-state index in [9.17, 15) is 5.11 Å². The third-order valence-electron chi connectivity index (χ3n) is 2.60. The molecule has 0 saturated carbocycles. The van der Waals surface area contributed by atoms with E-state index in [1.54, 1.807) is 25.1 Å². The first-order chi connectivity index (χ1) is 9.10. The van der Waals surface area contributed by atoms with Crippen molar-refractivity contribution in [2.75, 3.05) is 0 Å². The fourth-order valence-electron chi connectivity index (χ4n) is 1.52. The number of halogens is 1. The molecule has 1 aromatic heterocycles. The van der Waals surface area contributed by atoms with Crippen molar-refractivity contribution in [2.45, 2.75) is 33.0 Å². The monoisotopic (exact) mass is 282 g/mol. The van der Waals surface area contributed by atoms with Gasteiger partial charge >= 0.3 is 0 Å². The van der Waals surface area contributed by atoms with Crippen molar-refractivity contribution in [1.82, 2.24) is 10.2 Å². The molecule has 2 aromatic rings. The maximum absolute atomic E-state index is 9.44. The number of nitrogens with zero attached hydrogens (tertiary/aromatic N) is 2. The Balaban J connectivity index is 2.03. The van der Waals surface area contributed by atoms with Gasteiger partial charge in [-0.2, -0.15) is 0 Å². The van der Waals surface area contributed by atoms with Crippen molar-refractivity contribution in [2.24, 2.45) is 0 Å². The molecule has 0 spiro atoms. The predicted octanol–water partition coefficient (Wildman–Crippen LogP) is 2.92. The SMILES string of the molecule is CCc1nnc(COc2ccc(C(C)O)cc2Cl)o1. The smallest absolute Gasteiger partial charge is 0.253 e. The normalized spacial score (nSPS) is 12.4. The molecule has 1 unspecified atom stereocenters. The van der Waals surface area contributed by atoms with Gasteiger partial charge in [0.05, 0.1) is 11.1 Å². The highest BCUT2D eigenvalue weighted by Gasteiger charge is 2.09. The fraction of sp³-hybridized carbons (Fsp3) is 0.385. The number of benzene rings is 1. The molecule has 102 valence electrons. The Hall–Kier alpha value is -1.59. The van der Waals surface area contributed by atoms with Gasteiger partial charge in [-0.05, 0) is 24.6 Å². The number of ether oxygens (including phenoxy) is 1. The van der Waals surface area contributed by atoms with Crippen LogP contribution in [0.4, 0.5) is 0 Å². The topological polar surface area (TPSA) is 68.4 Å². The van der Waals surface area contributed by atoms with Crippen molar-refractivity contribution < 1.29 is 14.3 Å². The van der Waals surface area contributed by atoms with Crippen molar-refractivity contribution in [3.8, 4) is 5.75 Å². The molecule has 0 saturated heterocycles. The summed E-state index contributed by atoms with van der Waals surface area (Å²) < 4.78 is 10.8. The van der Waals surface area contributed by atoms with Gasteiger partial charge in [-0.1, -0.05) is 24.6 Å². The minimum atomic E-state index is -0.561. The molecule has 0 bridgehead atoms. The second-order valence-electron chi connectivity index (χ2n) is 4.10. The van der Waals surface area contributed by atoms with Gasteiger partial charge in [0.1, 0.15) is 5.75 Å². The van der Waals surface area contributed by atoms with Gasteiger partial charge < -0.3 is 14.3 Å². The summed E-state index contributed by atoms with van der Waals surface area (Å²) >= 11 is 6.07. The second kappa shape index (κ2) is 6.04. The maximum atomic E-state index is 9.44. The van der Waals surface area contributed by atoms with Crippen LogP contribution in [-0.4, -0.2) is 15.3 Å². The summed E-state index contributed by atoms with van der Waals surface area (Å²) in [6.07, 6.45) is 0.131. The van der Waals surface area contributed by atoms with Crippen LogP contribution in [0.25, 0.3) is 0 Å². The summed E-state index contributed by atoms with van der Waals surface area (Å²) in [5.41, 5.74) is 0.739. The van der Waals surface area contributed by atoms with Crippen molar-refractivity contribution in [3.63, 3.8) is 0 Å². The molecule has 0 aliphatic rings. The number of aryl methyl sites for hydroxylation is 1. The molecule has 0 amide bonds. The van der Waals surface area contributed by atoms with Gasteiger partial charge in [-0.25, -0.2) is 0 Å². The highest BCUT2D eigenvalue weighted by Crippen LogP contribution is 2.28. The van der Waals surface area contributed by atoms with Crippen LogP contribution in [0.15, 0.2) is 22.6 Å². The molecule has 5 nitrogen and oxygen atoms in total. The fourth-order valence-corrected chi connectivity index (χ4v) is 1.77. The highest BCUT2D eigenvalue weighted by atomic mass is 35.5. The maximum Gasteiger partial charge on any atom is 0.253 e. The van der Waals surface area contributed by atoms with Crippen LogP contribution in [0, 0.1) is 0 Å². The third kappa shape index (κ3) is 3.45. The average molecular weight is 283 g/mol. The largest absolute Gasteiger partial charge is 0.482 e. The Morgan fingerprint density at radius 3 is 2.68 bits per heavy atom. The van der Waals surface area contributed by atoms with Crippen LogP contribution in [0.1, 0.15) is 37.3 Å². The first kappa shape index (κ1) is 13.8. The minimum Gasteiger partial charge on any atom is -0.482 e. The van der Waals surface area contributed by atoms with E-state index in [1.807, 2.05) is 6.92 Å². The molecule has 0 aliphatic heterocycles. The second-order valence-corrected chi connectivity index (χ2v) is 4.50. The number of aliphatic hydroxyl groups excluding tert-OH is 1. The molecule has 0 aliphatic carbocycles. The number of hydrogen-bond acceptors (Lipinski definition) is 5. The molecule has 1 aromatic carbocycles. The van der Waals surface area contributed by atoms with E-state index >= 15 is 0 Å². The Bertz CT molecular complexity index is 555. The number of aliphatic hydroxyl groups is 1. The van der Waals surface area contributed by atoms with E-state index in [1.165, 1.54) is 0 Å². The minimum absolute atomic E-state index is 0.167. The predicted molar refractivity (Wildman–Crippen MR) is 70.1 cm³/mol. The Kier molecular flexibility index (Phi) is 4.39. The average Bonchev–Trinajstić information content (AvgIpc) is 2.85.